The van der Waals surface area contributed by atoms with Crippen molar-refractivity contribution in [1.29, 1.82) is 0 Å². The summed E-state index contributed by atoms with van der Waals surface area (Å²) in [6.07, 6.45) is 1.67. The zero-order valence-corrected chi connectivity index (χ0v) is 12.8. The molecule has 114 valence electrons. The zero-order chi connectivity index (χ0) is 15.6. The number of nitrogens with one attached hydrogen (secondary N) is 1. The van der Waals surface area contributed by atoms with Crippen molar-refractivity contribution in [3.63, 3.8) is 0 Å². The lowest BCUT2D eigenvalue weighted by atomic mass is 9.94. The molecule has 22 heavy (non-hydrogen) atoms. The van der Waals surface area contributed by atoms with Crippen molar-refractivity contribution in [2.24, 2.45) is 0 Å². The summed E-state index contributed by atoms with van der Waals surface area (Å²) in [4.78, 5) is 12.8. The minimum Gasteiger partial charge on any atom is -0.497 e. The molecule has 1 fully saturated rings. The second kappa shape index (κ2) is 5.72. The monoisotopic (exact) mass is 297 g/mol. The van der Waals surface area contributed by atoms with Gasteiger partial charge in [-0.25, -0.2) is 0 Å². The van der Waals surface area contributed by atoms with E-state index in [1.807, 2.05) is 48.5 Å². The summed E-state index contributed by atoms with van der Waals surface area (Å²) in [5.41, 5.74) is 1.22. The molecule has 0 aromatic heterocycles. The minimum absolute atomic E-state index is 0.00486. The Morgan fingerprint density at radius 1 is 1.05 bits per heavy atom. The minimum atomic E-state index is -0.477. The molecule has 4 heteroatoms. The number of para-hydroxylation sites is 1. The second-order valence-electron chi connectivity index (χ2n) is 5.47. The van der Waals surface area contributed by atoms with E-state index in [4.69, 9.17) is 9.47 Å². The summed E-state index contributed by atoms with van der Waals surface area (Å²) in [5, 5.41) is 2.99. The van der Waals surface area contributed by atoms with Crippen LogP contribution in [-0.4, -0.2) is 20.1 Å². The Hall–Kier alpha value is -2.49. The van der Waals surface area contributed by atoms with E-state index in [1.165, 1.54) is 0 Å². The van der Waals surface area contributed by atoms with E-state index < -0.39 is 5.41 Å². The van der Waals surface area contributed by atoms with E-state index in [2.05, 4.69) is 5.32 Å². The first-order valence-electron chi connectivity index (χ1n) is 7.28. The topological polar surface area (TPSA) is 47.6 Å². The quantitative estimate of drug-likeness (QED) is 0.920. The molecule has 0 heterocycles. The number of anilines is 1. The van der Waals surface area contributed by atoms with Crippen LogP contribution in [0, 0.1) is 0 Å². The van der Waals surface area contributed by atoms with Crippen molar-refractivity contribution in [2.75, 3.05) is 19.5 Å². The van der Waals surface area contributed by atoms with Crippen molar-refractivity contribution in [3.8, 4) is 11.5 Å². The standard InChI is InChI=1S/C18H19NO3/c1-21-14-7-5-6-13(12-14)19-17(20)18(10-11-18)15-8-3-4-9-16(15)22-2/h3-9,12H,10-11H2,1-2H3,(H,19,20). The van der Waals surface area contributed by atoms with Crippen molar-refractivity contribution in [3.05, 3.63) is 54.1 Å². The smallest absolute Gasteiger partial charge is 0.235 e. The van der Waals surface area contributed by atoms with Crippen LogP contribution in [0.4, 0.5) is 5.69 Å². The van der Waals surface area contributed by atoms with Gasteiger partial charge in [-0.1, -0.05) is 24.3 Å². The Morgan fingerprint density at radius 2 is 1.82 bits per heavy atom. The van der Waals surface area contributed by atoms with Crippen LogP contribution in [0.5, 0.6) is 11.5 Å². The van der Waals surface area contributed by atoms with Gasteiger partial charge in [-0.15, -0.1) is 0 Å². The van der Waals surface area contributed by atoms with Crippen molar-refractivity contribution >= 4 is 11.6 Å². The molecule has 0 radical (unpaired) electrons. The first-order valence-corrected chi connectivity index (χ1v) is 7.28. The summed E-state index contributed by atoms with van der Waals surface area (Å²) in [5.74, 6) is 1.49. The lowest BCUT2D eigenvalue weighted by Gasteiger charge is -2.18. The Kier molecular flexibility index (Phi) is 3.75. The van der Waals surface area contributed by atoms with Gasteiger partial charge in [0.15, 0.2) is 0 Å². The molecule has 3 rings (SSSR count). The Morgan fingerprint density at radius 3 is 2.50 bits per heavy atom. The fourth-order valence-electron chi connectivity index (χ4n) is 2.74. The highest BCUT2D eigenvalue weighted by atomic mass is 16.5. The maximum absolute atomic E-state index is 12.8. The number of methoxy groups -OCH3 is 2. The molecule has 1 saturated carbocycles. The van der Waals surface area contributed by atoms with Crippen LogP contribution in [0.25, 0.3) is 0 Å². The van der Waals surface area contributed by atoms with Gasteiger partial charge in [-0.2, -0.15) is 0 Å². The molecule has 0 atom stereocenters. The summed E-state index contributed by atoms with van der Waals surface area (Å²) >= 11 is 0. The molecular weight excluding hydrogens is 278 g/mol. The zero-order valence-electron chi connectivity index (χ0n) is 12.8. The largest absolute Gasteiger partial charge is 0.497 e. The fourth-order valence-corrected chi connectivity index (χ4v) is 2.74. The van der Waals surface area contributed by atoms with Gasteiger partial charge in [0, 0.05) is 17.3 Å². The van der Waals surface area contributed by atoms with Crippen LogP contribution in [-0.2, 0) is 10.2 Å². The molecule has 2 aromatic carbocycles. The van der Waals surface area contributed by atoms with Crippen LogP contribution < -0.4 is 14.8 Å². The molecule has 4 nitrogen and oxygen atoms in total. The van der Waals surface area contributed by atoms with E-state index in [-0.39, 0.29) is 5.91 Å². The van der Waals surface area contributed by atoms with Gasteiger partial charge < -0.3 is 14.8 Å². The van der Waals surface area contributed by atoms with Crippen LogP contribution in [0.1, 0.15) is 18.4 Å². The number of carbonyl (C=O) groups is 1. The summed E-state index contributed by atoms with van der Waals surface area (Å²) in [7, 11) is 3.24. The molecule has 0 aliphatic heterocycles. The van der Waals surface area contributed by atoms with Gasteiger partial charge >= 0.3 is 0 Å². The van der Waals surface area contributed by atoms with Gasteiger partial charge in [-0.05, 0) is 31.0 Å². The Balaban J connectivity index is 1.85. The molecule has 0 saturated heterocycles. The van der Waals surface area contributed by atoms with E-state index in [0.29, 0.717) is 0 Å². The Labute approximate surface area is 130 Å². The van der Waals surface area contributed by atoms with Gasteiger partial charge in [0.2, 0.25) is 5.91 Å². The van der Waals surface area contributed by atoms with Gasteiger partial charge in [0.05, 0.1) is 19.6 Å². The highest BCUT2D eigenvalue weighted by Crippen LogP contribution is 2.52. The Bertz CT molecular complexity index is 692. The highest BCUT2D eigenvalue weighted by Gasteiger charge is 2.52. The van der Waals surface area contributed by atoms with Crippen molar-refractivity contribution in [1.82, 2.24) is 0 Å². The van der Waals surface area contributed by atoms with Gasteiger partial charge in [0.1, 0.15) is 11.5 Å². The number of rotatable bonds is 5. The molecule has 0 unspecified atom stereocenters. The molecule has 1 amide bonds. The number of amides is 1. The molecule has 2 aromatic rings. The average molecular weight is 297 g/mol. The molecular formula is C18H19NO3. The van der Waals surface area contributed by atoms with Crippen molar-refractivity contribution in [2.45, 2.75) is 18.3 Å². The van der Waals surface area contributed by atoms with Crippen LogP contribution in [0.15, 0.2) is 48.5 Å². The van der Waals surface area contributed by atoms with Crippen molar-refractivity contribution < 1.29 is 14.3 Å². The SMILES string of the molecule is COc1cccc(NC(=O)C2(c3ccccc3OC)CC2)c1. The maximum atomic E-state index is 12.8. The third-order valence-electron chi connectivity index (χ3n) is 4.13. The number of ether oxygens (including phenoxy) is 2. The number of hydrogen-bond acceptors (Lipinski definition) is 3. The maximum Gasteiger partial charge on any atom is 0.235 e. The summed E-state index contributed by atoms with van der Waals surface area (Å²) in [6, 6.07) is 15.1. The fraction of sp³-hybridized carbons (Fsp3) is 0.278. The van der Waals surface area contributed by atoms with Crippen LogP contribution in [0.3, 0.4) is 0 Å². The molecule has 1 N–H and O–H groups in total. The average Bonchev–Trinajstić information content (AvgIpc) is 3.37. The van der Waals surface area contributed by atoms with E-state index in [0.717, 1.165) is 35.6 Å². The van der Waals surface area contributed by atoms with Crippen LogP contribution >= 0.6 is 0 Å². The first kappa shape index (κ1) is 14.4. The second-order valence-corrected chi connectivity index (χ2v) is 5.47. The lowest BCUT2D eigenvalue weighted by molar-refractivity contribution is -0.118. The molecule has 0 bridgehead atoms. The van der Waals surface area contributed by atoms with E-state index in [1.54, 1.807) is 14.2 Å². The van der Waals surface area contributed by atoms with Gasteiger partial charge in [-0.3, -0.25) is 4.79 Å². The summed E-state index contributed by atoms with van der Waals surface area (Å²) in [6.45, 7) is 0. The van der Waals surface area contributed by atoms with E-state index >= 15 is 0 Å². The normalized spacial score (nSPS) is 15.0. The third-order valence-corrected chi connectivity index (χ3v) is 4.13. The van der Waals surface area contributed by atoms with E-state index in [9.17, 15) is 4.79 Å². The predicted octanol–water partition coefficient (Wildman–Crippen LogP) is 3.37. The molecule has 0 spiro atoms. The molecule has 1 aliphatic rings. The van der Waals surface area contributed by atoms with Crippen LogP contribution in [0.2, 0.25) is 0 Å². The highest BCUT2D eigenvalue weighted by molar-refractivity contribution is 6.02. The summed E-state index contributed by atoms with van der Waals surface area (Å²) < 4.78 is 10.6. The van der Waals surface area contributed by atoms with Gasteiger partial charge in [0.25, 0.3) is 0 Å². The molecule has 1 aliphatic carbocycles. The number of benzene rings is 2. The number of hydrogen-bond donors (Lipinski definition) is 1. The third kappa shape index (κ3) is 2.52. The first-order chi connectivity index (χ1) is 10.7. The predicted molar refractivity (Wildman–Crippen MR) is 85.5 cm³/mol. The lowest BCUT2D eigenvalue weighted by Crippen LogP contribution is -2.28. The number of carbonyl (C=O) groups excluding carboxylic acids is 1.